The lowest BCUT2D eigenvalue weighted by molar-refractivity contribution is 0.0445. The molecular formula is C17H27NO. The number of hydrogen-bond donors (Lipinski definition) is 1. The monoisotopic (exact) mass is 261 g/mol. The Hall–Kier alpha value is -1.02. The SMILES string of the molecule is CCCNC1CC(c2ccc(OC)cc2)C1(C)CC. The highest BCUT2D eigenvalue weighted by Gasteiger charge is 2.50. The summed E-state index contributed by atoms with van der Waals surface area (Å²) in [6.07, 6.45) is 3.70. The summed E-state index contributed by atoms with van der Waals surface area (Å²) in [5, 5.41) is 3.71. The first kappa shape index (κ1) is 14.4. The molecule has 0 heterocycles. The number of rotatable bonds is 6. The first-order valence-electron chi connectivity index (χ1n) is 7.53. The van der Waals surface area contributed by atoms with Crippen LogP contribution in [-0.4, -0.2) is 19.7 Å². The molecule has 3 atom stereocenters. The van der Waals surface area contributed by atoms with Gasteiger partial charge in [-0.25, -0.2) is 0 Å². The molecule has 3 unspecified atom stereocenters. The Morgan fingerprint density at radius 2 is 1.95 bits per heavy atom. The second kappa shape index (κ2) is 5.96. The van der Waals surface area contributed by atoms with E-state index in [1.165, 1.54) is 24.8 Å². The second-order valence-electron chi connectivity index (χ2n) is 5.93. The fraction of sp³-hybridized carbons (Fsp3) is 0.647. The summed E-state index contributed by atoms with van der Waals surface area (Å²) in [4.78, 5) is 0. The van der Waals surface area contributed by atoms with Crippen molar-refractivity contribution in [2.24, 2.45) is 5.41 Å². The number of hydrogen-bond acceptors (Lipinski definition) is 2. The van der Waals surface area contributed by atoms with Crippen molar-refractivity contribution in [3.63, 3.8) is 0 Å². The standard InChI is InChI=1S/C17H27NO/c1-5-11-18-16-12-15(17(16,3)6-2)13-7-9-14(19-4)10-8-13/h7-10,15-16,18H,5-6,11-12H2,1-4H3. The highest BCUT2D eigenvalue weighted by molar-refractivity contribution is 5.33. The van der Waals surface area contributed by atoms with E-state index in [-0.39, 0.29) is 0 Å². The number of ether oxygens (including phenoxy) is 1. The van der Waals surface area contributed by atoms with Crippen LogP contribution in [0.1, 0.15) is 51.5 Å². The van der Waals surface area contributed by atoms with Crippen molar-refractivity contribution in [1.29, 1.82) is 0 Å². The van der Waals surface area contributed by atoms with Crippen molar-refractivity contribution in [3.8, 4) is 5.75 Å². The van der Waals surface area contributed by atoms with Gasteiger partial charge in [0.15, 0.2) is 0 Å². The van der Waals surface area contributed by atoms with Crippen LogP contribution in [0.4, 0.5) is 0 Å². The molecule has 0 aliphatic heterocycles. The topological polar surface area (TPSA) is 21.3 Å². The van der Waals surface area contributed by atoms with Gasteiger partial charge in [-0.2, -0.15) is 0 Å². The zero-order valence-corrected chi connectivity index (χ0v) is 12.7. The van der Waals surface area contributed by atoms with E-state index in [9.17, 15) is 0 Å². The van der Waals surface area contributed by atoms with Crippen molar-refractivity contribution in [2.75, 3.05) is 13.7 Å². The molecule has 0 radical (unpaired) electrons. The molecule has 1 aliphatic rings. The smallest absolute Gasteiger partial charge is 0.118 e. The molecule has 19 heavy (non-hydrogen) atoms. The lowest BCUT2D eigenvalue weighted by atomic mass is 9.54. The average molecular weight is 261 g/mol. The van der Waals surface area contributed by atoms with Gasteiger partial charge in [0.2, 0.25) is 0 Å². The van der Waals surface area contributed by atoms with Gasteiger partial charge in [-0.05, 0) is 54.8 Å². The molecule has 0 bridgehead atoms. The summed E-state index contributed by atoms with van der Waals surface area (Å²) in [7, 11) is 1.72. The predicted molar refractivity (Wildman–Crippen MR) is 80.8 cm³/mol. The number of nitrogens with one attached hydrogen (secondary N) is 1. The van der Waals surface area contributed by atoms with Gasteiger partial charge in [-0.15, -0.1) is 0 Å². The minimum atomic E-state index is 0.393. The molecule has 1 aliphatic carbocycles. The summed E-state index contributed by atoms with van der Waals surface area (Å²) in [6, 6.07) is 9.29. The van der Waals surface area contributed by atoms with Gasteiger partial charge in [-0.3, -0.25) is 0 Å². The van der Waals surface area contributed by atoms with E-state index >= 15 is 0 Å². The van der Waals surface area contributed by atoms with Gasteiger partial charge >= 0.3 is 0 Å². The fourth-order valence-corrected chi connectivity index (χ4v) is 3.34. The van der Waals surface area contributed by atoms with Crippen LogP contribution in [0.5, 0.6) is 5.75 Å². The summed E-state index contributed by atoms with van der Waals surface area (Å²) < 4.78 is 5.24. The van der Waals surface area contributed by atoms with Gasteiger partial charge in [0.1, 0.15) is 5.75 Å². The molecule has 1 aromatic carbocycles. The Balaban J connectivity index is 2.08. The second-order valence-corrected chi connectivity index (χ2v) is 5.93. The van der Waals surface area contributed by atoms with Crippen LogP contribution >= 0.6 is 0 Å². The molecule has 0 amide bonds. The van der Waals surface area contributed by atoms with E-state index in [1.807, 2.05) is 0 Å². The summed E-state index contributed by atoms with van der Waals surface area (Å²) in [6.45, 7) is 8.11. The van der Waals surface area contributed by atoms with E-state index in [4.69, 9.17) is 4.74 Å². The third-order valence-corrected chi connectivity index (χ3v) is 4.98. The molecule has 106 valence electrons. The molecular weight excluding hydrogens is 234 g/mol. The zero-order chi connectivity index (χ0) is 13.9. The van der Waals surface area contributed by atoms with Crippen LogP contribution in [0.15, 0.2) is 24.3 Å². The Morgan fingerprint density at radius 3 is 2.47 bits per heavy atom. The molecule has 1 N–H and O–H groups in total. The number of methoxy groups -OCH3 is 1. The highest BCUT2D eigenvalue weighted by atomic mass is 16.5. The molecule has 2 rings (SSSR count). The van der Waals surface area contributed by atoms with E-state index in [0.29, 0.717) is 17.4 Å². The van der Waals surface area contributed by atoms with E-state index < -0.39 is 0 Å². The minimum Gasteiger partial charge on any atom is -0.497 e. The molecule has 2 nitrogen and oxygen atoms in total. The van der Waals surface area contributed by atoms with Gasteiger partial charge < -0.3 is 10.1 Å². The Morgan fingerprint density at radius 1 is 1.26 bits per heavy atom. The largest absolute Gasteiger partial charge is 0.497 e. The first-order valence-corrected chi connectivity index (χ1v) is 7.53. The van der Waals surface area contributed by atoms with Crippen molar-refractivity contribution in [1.82, 2.24) is 5.32 Å². The molecule has 1 fully saturated rings. The number of benzene rings is 1. The van der Waals surface area contributed by atoms with Crippen molar-refractivity contribution < 1.29 is 4.74 Å². The van der Waals surface area contributed by atoms with Gasteiger partial charge in [-0.1, -0.05) is 32.9 Å². The molecule has 0 spiro atoms. The maximum atomic E-state index is 5.24. The van der Waals surface area contributed by atoms with Crippen LogP contribution in [0.3, 0.4) is 0 Å². The quantitative estimate of drug-likeness (QED) is 0.836. The minimum absolute atomic E-state index is 0.393. The molecule has 0 saturated heterocycles. The van der Waals surface area contributed by atoms with E-state index in [1.54, 1.807) is 7.11 Å². The van der Waals surface area contributed by atoms with Crippen LogP contribution < -0.4 is 10.1 Å². The lowest BCUT2D eigenvalue weighted by Crippen LogP contribution is -2.56. The average Bonchev–Trinajstić information content (AvgIpc) is 2.46. The summed E-state index contributed by atoms with van der Waals surface area (Å²) >= 11 is 0. The van der Waals surface area contributed by atoms with Crippen molar-refractivity contribution in [2.45, 2.75) is 52.0 Å². The fourth-order valence-electron chi connectivity index (χ4n) is 3.34. The van der Waals surface area contributed by atoms with Crippen molar-refractivity contribution in [3.05, 3.63) is 29.8 Å². The third kappa shape index (κ3) is 2.64. The van der Waals surface area contributed by atoms with E-state index in [2.05, 4.69) is 50.4 Å². The lowest BCUT2D eigenvalue weighted by Gasteiger charge is -2.55. The molecule has 1 saturated carbocycles. The first-order chi connectivity index (χ1) is 9.15. The normalized spacial score (nSPS) is 29.9. The maximum absolute atomic E-state index is 5.24. The van der Waals surface area contributed by atoms with Crippen LogP contribution in [0.2, 0.25) is 0 Å². The Bertz CT molecular complexity index is 400. The van der Waals surface area contributed by atoms with Crippen molar-refractivity contribution >= 4 is 0 Å². The zero-order valence-electron chi connectivity index (χ0n) is 12.7. The summed E-state index contributed by atoms with van der Waals surface area (Å²) in [5.74, 6) is 1.62. The predicted octanol–water partition coefficient (Wildman–Crippen LogP) is 3.97. The Kier molecular flexibility index (Phi) is 4.51. The third-order valence-electron chi connectivity index (χ3n) is 4.98. The van der Waals surface area contributed by atoms with Crippen LogP contribution in [0.25, 0.3) is 0 Å². The van der Waals surface area contributed by atoms with Gasteiger partial charge in [0.05, 0.1) is 7.11 Å². The molecule has 0 aromatic heterocycles. The highest BCUT2D eigenvalue weighted by Crippen LogP contribution is 2.54. The maximum Gasteiger partial charge on any atom is 0.118 e. The van der Waals surface area contributed by atoms with Gasteiger partial charge in [0.25, 0.3) is 0 Å². The van der Waals surface area contributed by atoms with Gasteiger partial charge in [0, 0.05) is 6.04 Å². The van der Waals surface area contributed by atoms with Crippen LogP contribution in [0, 0.1) is 5.41 Å². The Labute approximate surface area is 117 Å². The molecule has 2 heteroatoms. The molecule has 1 aromatic rings. The van der Waals surface area contributed by atoms with E-state index in [0.717, 1.165) is 12.3 Å². The summed E-state index contributed by atoms with van der Waals surface area (Å²) in [5.41, 5.74) is 1.85. The van der Waals surface area contributed by atoms with Crippen LogP contribution in [-0.2, 0) is 0 Å².